The van der Waals surface area contributed by atoms with Crippen LogP contribution in [0.1, 0.15) is 62.9 Å². The SMILES string of the molecule is CC(OC(=O)NCCCCCCN1C(=O)C=CC1=O)C(=O)N(CC1CNCC1F)C(c1nc(-c2cc(F)ccc2F)cn1Cc1ccccc1)C1CCOCC1. The van der Waals surface area contributed by atoms with Crippen LogP contribution in [-0.2, 0) is 30.4 Å². The Morgan fingerprint density at radius 3 is 2.46 bits per heavy atom. The van der Waals surface area contributed by atoms with Crippen molar-refractivity contribution in [3.05, 3.63) is 89.9 Å². The standard InChI is InChI=1S/C41H49F3N6O6/c1-27(56-41(54)46-17-7-2-3-8-18-49-36(51)13-14-37(49)52)40(53)50(25-30-22-45-23-34(30)44)38(29-15-19-55-20-16-29)39-47-35(32-21-31(42)11-12-33(32)43)26-48(39)24-28-9-5-4-6-10-28/h4-6,9-14,21,26-27,29-30,34,38,45H,2-3,7-8,15-20,22-25H2,1H3,(H,46,54). The van der Waals surface area contributed by atoms with Crippen LogP contribution in [0, 0.1) is 23.5 Å². The molecule has 2 N–H and O–H groups in total. The molecule has 4 atom stereocenters. The van der Waals surface area contributed by atoms with E-state index in [9.17, 15) is 23.6 Å². The van der Waals surface area contributed by atoms with Crippen LogP contribution in [0.3, 0.4) is 0 Å². The number of carbonyl (C=O) groups is 4. The molecule has 2 fully saturated rings. The minimum absolute atomic E-state index is 0.00309. The van der Waals surface area contributed by atoms with Crippen LogP contribution in [0.2, 0.25) is 0 Å². The molecule has 4 amide bonds. The van der Waals surface area contributed by atoms with Crippen LogP contribution in [-0.4, -0.2) is 101 Å². The molecule has 1 aromatic heterocycles. The Bertz CT molecular complexity index is 1850. The molecule has 0 aliphatic carbocycles. The van der Waals surface area contributed by atoms with E-state index in [0.717, 1.165) is 36.6 Å². The molecule has 3 aliphatic rings. The van der Waals surface area contributed by atoms with E-state index >= 15 is 8.78 Å². The number of nitrogens with zero attached hydrogens (tertiary/aromatic N) is 4. The first kappa shape index (κ1) is 40.6. The number of carbonyl (C=O) groups excluding carboxylic acids is 4. The minimum Gasteiger partial charge on any atom is -0.436 e. The molecule has 0 radical (unpaired) electrons. The highest BCUT2D eigenvalue weighted by Crippen LogP contribution is 2.38. The summed E-state index contributed by atoms with van der Waals surface area (Å²) in [6, 6.07) is 11.9. The molecule has 2 saturated heterocycles. The van der Waals surface area contributed by atoms with Gasteiger partial charge < -0.3 is 29.6 Å². The first-order chi connectivity index (χ1) is 27.1. The zero-order chi connectivity index (χ0) is 39.6. The van der Waals surface area contributed by atoms with Gasteiger partial charge in [-0.1, -0.05) is 43.2 Å². The monoisotopic (exact) mass is 778 g/mol. The minimum atomic E-state index is -1.26. The number of alkyl carbamates (subject to hydrolysis) is 1. The van der Waals surface area contributed by atoms with Crippen LogP contribution in [0.5, 0.6) is 0 Å². The van der Waals surface area contributed by atoms with Gasteiger partial charge in [0.05, 0.1) is 11.7 Å². The summed E-state index contributed by atoms with van der Waals surface area (Å²) >= 11 is 0. The van der Waals surface area contributed by atoms with E-state index < -0.39 is 47.9 Å². The third kappa shape index (κ3) is 10.2. The van der Waals surface area contributed by atoms with Gasteiger partial charge in [0.15, 0.2) is 6.10 Å². The number of halogens is 3. The second-order valence-corrected chi connectivity index (χ2v) is 14.6. The Morgan fingerprint density at radius 1 is 1.02 bits per heavy atom. The summed E-state index contributed by atoms with van der Waals surface area (Å²) in [6.45, 7) is 3.72. The summed E-state index contributed by atoms with van der Waals surface area (Å²) in [4.78, 5) is 58.7. The molecule has 2 aromatic carbocycles. The maximum absolute atomic E-state index is 15.3. The average molecular weight is 779 g/mol. The van der Waals surface area contributed by atoms with Crippen LogP contribution in [0.4, 0.5) is 18.0 Å². The molecular formula is C41H49F3N6O6. The Labute approximate surface area is 324 Å². The second-order valence-electron chi connectivity index (χ2n) is 14.6. The number of imidazole rings is 1. The highest BCUT2D eigenvalue weighted by molar-refractivity contribution is 6.12. The molecule has 300 valence electrons. The number of hydrogen-bond donors (Lipinski definition) is 2. The maximum Gasteiger partial charge on any atom is 0.407 e. The van der Waals surface area contributed by atoms with E-state index in [1.807, 2.05) is 34.9 Å². The number of nitrogens with one attached hydrogen (secondary N) is 2. The predicted molar refractivity (Wildman–Crippen MR) is 201 cm³/mol. The molecule has 4 unspecified atom stereocenters. The van der Waals surface area contributed by atoms with Crippen molar-refractivity contribution >= 4 is 23.8 Å². The number of rotatable bonds is 17. The van der Waals surface area contributed by atoms with Crippen LogP contribution >= 0.6 is 0 Å². The molecule has 0 saturated carbocycles. The van der Waals surface area contributed by atoms with Crippen molar-refractivity contribution in [1.29, 1.82) is 0 Å². The normalized spacial score (nSPS) is 19.7. The largest absolute Gasteiger partial charge is 0.436 e. The third-order valence-corrected chi connectivity index (χ3v) is 10.6. The van der Waals surface area contributed by atoms with Crippen molar-refractivity contribution in [2.45, 2.75) is 70.3 Å². The molecule has 4 heterocycles. The van der Waals surface area contributed by atoms with Gasteiger partial charge in [-0.25, -0.2) is 22.9 Å². The van der Waals surface area contributed by atoms with Crippen molar-refractivity contribution in [1.82, 2.24) is 30.0 Å². The van der Waals surface area contributed by atoms with E-state index in [2.05, 4.69) is 10.6 Å². The molecular weight excluding hydrogens is 729 g/mol. The molecule has 6 rings (SSSR count). The Kier molecular flexibility index (Phi) is 13.9. The summed E-state index contributed by atoms with van der Waals surface area (Å²) in [5.74, 6) is -2.80. The molecule has 0 spiro atoms. The summed E-state index contributed by atoms with van der Waals surface area (Å²) in [5, 5.41) is 5.76. The summed E-state index contributed by atoms with van der Waals surface area (Å²) in [7, 11) is 0. The Hall–Kier alpha value is -5.02. The van der Waals surface area contributed by atoms with Crippen molar-refractivity contribution in [3.63, 3.8) is 0 Å². The van der Waals surface area contributed by atoms with Crippen molar-refractivity contribution in [3.8, 4) is 11.3 Å². The summed E-state index contributed by atoms with van der Waals surface area (Å²) in [6.07, 6.45) is 4.72. The lowest BCUT2D eigenvalue weighted by Gasteiger charge is -2.40. The highest BCUT2D eigenvalue weighted by atomic mass is 19.1. The third-order valence-electron chi connectivity index (χ3n) is 10.6. The Balaban J connectivity index is 1.22. The number of alkyl halides is 1. The fourth-order valence-corrected chi connectivity index (χ4v) is 7.58. The van der Waals surface area contributed by atoms with E-state index in [1.54, 1.807) is 11.1 Å². The zero-order valence-corrected chi connectivity index (χ0v) is 31.5. The quantitative estimate of drug-likeness (QED) is 0.139. The number of aromatic nitrogens is 2. The molecule has 0 bridgehead atoms. The van der Waals surface area contributed by atoms with Gasteiger partial charge in [0.25, 0.3) is 17.7 Å². The second kappa shape index (κ2) is 19.2. The maximum atomic E-state index is 15.3. The van der Waals surface area contributed by atoms with Crippen molar-refractivity contribution in [2.75, 3.05) is 45.9 Å². The molecule has 56 heavy (non-hydrogen) atoms. The molecule has 12 nitrogen and oxygen atoms in total. The van der Waals surface area contributed by atoms with Crippen LogP contribution in [0.25, 0.3) is 11.3 Å². The van der Waals surface area contributed by atoms with E-state index in [0.29, 0.717) is 64.4 Å². The predicted octanol–water partition coefficient (Wildman–Crippen LogP) is 5.33. The summed E-state index contributed by atoms with van der Waals surface area (Å²) in [5.41, 5.74) is 1.06. The molecule has 3 aromatic rings. The van der Waals surface area contributed by atoms with Gasteiger partial charge in [0, 0.05) is 82.3 Å². The van der Waals surface area contributed by atoms with Gasteiger partial charge in [-0.15, -0.1) is 0 Å². The Morgan fingerprint density at radius 2 is 1.75 bits per heavy atom. The smallest absolute Gasteiger partial charge is 0.407 e. The fraction of sp³-hybridized carbons (Fsp3) is 0.488. The number of imide groups is 1. The molecule has 3 aliphatic heterocycles. The average Bonchev–Trinajstić information content (AvgIpc) is 3.89. The van der Waals surface area contributed by atoms with Crippen molar-refractivity contribution < 1.29 is 41.8 Å². The van der Waals surface area contributed by atoms with E-state index in [4.69, 9.17) is 14.5 Å². The van der Waals surface area contributed by atoms with E-state index in [-0.39, 0.29) is 48.6 Å². The highest BCUT2D eigenvalue weighted by Gasteiger charge is 2.42. The number of amides is 4. The van der Waals surface area contributed by atoms with Crippen molar-refractivity contribution in [2.24, 2.45) is 11.8 Å². The van der Waals surface area contributed by atoms with Gasteiger partial charge in [-0.2, -0.15) is 0 Å². The number of unbranched alkanes of at least 4 members (excludes halogenated alkanes) is 3. The summed E-state index contributed by atoms with van der Waals surface area (Å²) < 4.78 is 58.2. The van der Waals surface area contributed by atoms with E-state index in [1.165, 1.54) is 24.0 Å². The van der Waals surface area contributed by atoms with Crippen LogP contribution in [0.15, 0.2) is 66.9 Å². The lowest BCUT2D eigenvalue weighted by atomic mass is 9.88. The first-order valence-electron chi connectivity index (χ1n) is 19.4. The number of hydrogen-bond acceptors (Lipinski definition) is 8. The fourth-order valence-electron chi connectivity index (χ4n) is 7.58. The zero-order valence-electron chi connectivity index (χ0n) is 31.5. The number of benzene rings is 2. The van der Waals surface area contributed by atoms with Gasteiger partial charge >= 0.3 is 6.09 Å². The van der Waals surface area contributed by atoms with Gasteiger partial charge in [-0.05, 0) is 62.3 Å². The lowest BCUT2D eigenvalue weighted by Crippen LogP contribution is -2.49. The van der Waals surface area contributed by atoms with Crippen LogP contribution < -0.4 is 10.6 Å². The van der Waals surface area contributed by atoms with Gasteiger partial charge in [-0.3, -0.25) is 19.3 Å². The lowest BCUT2D eigenvalue weighted by molar-refractivity contribution is -0.146. The first-order valence-corrected chi connectivity index (χ1v) is 19.4. The van der Waals surface area contributed by atoms with Gasteiger partial charge in [0.2, 0.25) is 0 Å². The number of ether oxygens (including phenoxy) is 2. The molecule has 15 heteroatoms. The topological polar surface area (TPSA) is 135 Å². The van der Waals surface area contributed by atoms with Gasteiger partial charge in [0.1, 0.15) is 23.6 Å².